The summed E-state index contributed by atoms with van der Waals surface area (Å²) in [5.74, 6) is 0.716. The quantitative estimate of drug-likeness (QED) is 0.682. The predicted octanol–water partition coefficient (Wildman–Crippen LogP) is 3.39. The highest BCUT2D eigenvalue weighted by atomic mass is 35.5. The van der Waals surface area contributed by atoms with E-state index in [2.05, 4.69) is 22.2 Å². The number of nitrogens with zero attached hydrogens (tertiary/aromatic N) is 4. The molecular weight excluding hydrogens is 260 g/mol. The van der Waals surface area contributed by atoms with Crippen LogP contribution in [-0.2, 0) is 0 Å². The van der Waals surface area contributed by atoms with Gasteiger partial charge in [-0.1, -0.05) is 35.9 Å². The Balaban J connectivity index is 2.37. The van der Waals surface area contributed by atoms with Crippen LogP contribution in [0.3, 0.4) is 0 Å². The summed E-state index contributed by atoms with van der Waals surface area (Å²) in [6.45, 7) is 6.07. The Hall–Kier alpha value is -1.94. The zero-order valence-corrected chi connectivity index (χ0v) is 11.7. The van der Waals surface area contributed by atoms with Crippen molar-refractivity contribution in [1.29, 1.82) is 0 Å². The highest BCUT2D eigenvalue weighted by Crippen LogP contribution is 2.26. The second kappa shape index (κ2) is 4.31. The molecule has 0 spiro atoms. The molecule has 0 N–H and O–H groups in total. The van der Waals surface area contributed by atoms with Gasteiger partial charge in [-0.15, -0.1) is 10.2 Å². The van der Waals surface area contributed by atoms with Crippen molar-refractivity contribution in [3.8, 4) is 5.82 Å². The minimum Gasteiger partial charge on any atom is -0.217 e. The molecule has 19 heavy (non-hydrogen) atoms. The second-order valence-corrected chi connectivity index (χ2v) is 4.93. The van der Waals surface area contributed by atoms with Crippen LogP contribution < -0.4 is 0 Å². The summed E-state index contributed by atoms with van der Waals surface area (Å²) in [4.78, 5) is 0. The Bertz CT molecular complexity index is 776. The molecule has 1 aromatic carbocycles. The fraction of sp³-hybridized carbons (Fsp3) is 0.214. The van der Waals surface area contributed by atoms with Crippen molar-refractivity contribution in [2.75, 3.05) is 0 Å². The smallest absolute Gasteiger partial charge is 0.183 e. The molecule has 0 aliphatic heterocycles. The van der Waals surface area contributed by atoms with Gasteiger partial charge in [0.2, 0.25) is 0 Å². The van der Waals surface area contributed by atoms with Crippen molar-refractivity contribution in [1.82, 2.24) is 20.0 Å². The van der Waals surface area contributed by atoms with Crippen LogP contribution in [0.15, 0.2) is 24.3 Å². The van der Waals surface area contributed by atoms with Crippen LogP contribution in [0.25, 0.3) is 16.6 Å². The minimum absolute atomic E-state index is 0.414. The van der Waals surface area contributed by atoms with E-state index in [0.29, 0.717) is 11.0 Å². The highest BCUT2D eigenvalue weighted by Gasteiger charge is 2.14. The predicted molar refractivity (Wildman–Crippen MR) is 75.9 cm³/mol. The lowest BCUT2D eigenvalue weighted by Crippen LogP contribution is -2.05. The van der Waals surface area contributed by atoms with Crippen LogP contribution in [0.2, 0.25) is 5.15 Å². The van der Waals surface area contributed by atoms with Crippen LogP contribution in [0, 0.1) is 20.8 Å². The summed E-state index contributed by atoms with van der Waals surface area (Å²) >= 11 is 6.09. The van der Waals surface area contributed by atoms with Gasteiger partial charge in [0.15, 0.2) is 11.0 Å². The van der Waals surface area contributed by atoms with Crippen LogP contribution in [-0.4, -0.2) is 20.0 Å². The lowest BCUT2D eigenvalue weighted by atomic mass is 10.2. The van der Waals surface area contributed by atoms with E-state index in [4.69, 9.17) is 11.6 Å². The van der Waals surface area contributed by atoms with Gasteiger partial charge in [0, 0.05) is 16.5 Å². The summed E-state index contributed by atoms with van der Waals surface area (Å²) in [5.41, 5.74) is 3.23. The van der Waals surface area contributed by atoms with Gasteiger partial charge in [-0.3, -0.25) is 0 Å². The summed E-state index contributed by atoms with van der Waals surface area (Å²) < 4.78 is 1.83. The van der Waals surface area contributed by atoms with E-state index >= 15 is 0 Å². The fourth-order valence-corrected chi connectivity index (χ4v) is 2.34. The molecule has 4 nitrogen and oxygen atoms in total. The van der Waals surface area contributed by atoms with Gasteiger partial charge in [0.25, 0.3) is 0 Å². The van der Waals surface area contributed by atoms with Crippen molar-refractivity contribution >= 4 is 22.4 Å². The molecule has 2 heterocycles. The highest BCUT2D eigenvalue weighted by molar-refractivity contribution is 6.34. The van der Waals surface area contributed by atoms with Crippen LogP contribution in [0.1, 0.15) is 17.0 Å². The molecule has 3 rings (SSSR count). The fourth-order valence-electron chi connectivity index (χ4n) is 2.14. The van der Waals surface area contributed by atoms with E-state index in [1.807, 2.05) is 42.8 Å². The molecule has 0 fully saturated rings. The number of aryl methyl sites for hydroxylation is 1. The first-order valence-electron chi connectivity index (χ1n) is 6.03. The topological polar surface area (TPSA) is 43.6 Å². The number of hydrogen-bond acceptors (Lipinski definition) is 3. The zero-order chi connectivity index (χ0) is 13.6. The molecule has 0 unspecified atom stereocenters. The van der Waals surface area contributed by atoms with Gasteiger partial charge in [-0.25, -0.2) is 4.68 Å². The lowest BCUT2D eigenvalue weighted by molar-refractivity contribution is 0.791. The van der Waals surface area contributed by atoms with E-state index in [-0.39, 0.29) is 0 Å². The molecule has 96 valence electrons. The molecule has 0 saturated heterocycles. The molecule has 2 aromatic heterocycles. The van der Waals surface area contributed by atoms with E-state index in [0.717, 1.165) is 22.2 Å². The molecule has 0 aliphatic carbocycles. The summed E-state index contributed by atoms with van der Waals surface area (Å²) in [6.07, 6.45) is 0. The van der Waals surface area contributed by atoms with Crippen molar-refractivity contribution in [2.24, 2.45) is 0 Å². The maximum absolute atomic E-state index is 6.09. The van der Waals surface area contributed by atoms with Gasteiger partial charge in [0.1, 0.15) is 0 Å². The van der Waals surface area contributed by atoms with E-state index < -0.39 is 0 Å². The average Bonchev–Trinajstić information content (AvgIpc) is 2.67. The molecule has 0 bridgehead atoms. The molecular formula is C14H13ClN4. The molecule has 0 aliphatic rings. The summed E-state index contributed by atoms with van der Waals surface area (Å²) in [5, 5.41) is 15.0. The number of fused-ring (bicyclic) bond motifs is 1. The normalized spacial score (nSPS) is 11.2. The van der Waals surface area contributed by atoms with Crippen molar-refractivity contribution in [2.45, 2.75) is 20.8 Å². The largest absolute Gasteiger partial charge is 0.217 e. The number of hydrogen-bond donors (Lipinski definition) is 0. The number of rotatable bonds is 1. The first kappa shape index (κ1) is 12.1. The first-order valence-corrected chi connectivity index (χ1v) is 6.41. The number of halogens is 1. The Morgan fingerprint density at radius 1 is 1.00 bits per heavy atom. The van der Waals surface area contributed by atoms with E-state index in [1.165, 1.54) is 5.56 Å². The summed E-state index contributed by atoms with van der Waals surface area (Å²) in [7, 11) is 0. The summed E-state index contributed by atoms with van der Waals surface area (Å²) in [6, 6.07) is 7.82. The third-order valence-corrected chi connectivity index (χ3v) is 3.76. The maximum atomic E-state index is 6.09. The number of benzene rings is 1. The van der Waals surface area contributed by atoms with Crippen LogP contribution >= 0.6 is 11.6 Å². The molecule has 0 saturated carbocycles. The van der Waals surface area contributed by atoms with Crippen LogP contribution in [0.4, 0.5) is 0 Å². The van der Waals surface area contributed by atoms with Crippen molar-refractivity contribution < 1.29 is 0 Å². The second-order valence-electron chi connectivity index (χ2n) is 4.57. The molecule has 0 amide bonds. The monoisotopic (exact) mass is 272 g/mol. The third kappa shape index (κ3) is 1.79. The lowest BCUT2D eigenvalue weighted by Gasteiger charge is -2.07. The van der Waals surface area contributed by atoms with Gasteiger partial charge in [-0.2, -0.15) is 5.10 Å². The van der Waals surface area contributed by atoms with Crippen LogP contribution in [0.5, 0.6) is 0 Å². The van der Waals surface area contributed by atoms with Crippen molar-refractivity contribution in [3.63, 3.8) is 0 Å². The van der Waals surface area contributed by atoms with Gasteiger partial charge >= 0.3 is 0 Å². The van der Waals surface area contributed by atoms with Gasteiger partial charge in [0.05, 0.1) is 5.69 Å². The van der Waals surface area contributed by atoms with Gasteiger partial charge < -0.3 is 0 Å². The number of aromatic nitrogens is 4. The molecule has 3 aromatic rings. The Morgan fingerprint density at radius 3 is 2.32 bits per heavy atom. The maximum Gasteiger partial charge on any atom is 0.183 e. The minimum atomic E-state index is 0.414. The average molecular weight is 273 g/mol. The van der Waals surface area contributed by atoms with Gasteiger partial charge in [-0.05, 0) is 26.3 Å². The Morgan fingerprint density at radius 2 is 1.68 bits per heavy atom. The SMILES string of the molecule is Cc1nn(-c2nnc(Cl)c3ccccc23)c(C)c1C. The van der Waals surface area contributed by atoms with E-state index in [1.54, 1.807) is 0 Å². The Kier molecular flexibility index (Phi) is 2.75. The third-order valence-electron chi connectivity index (χ3n) is 3.48. The van der Waals surface area contributed by atoms with E-state index in [9.17, 15) is 0 Å². The Labute approximate surface area is 116 Å². The first-order chi connectivity index (χ1) is 9.09. The molecule has 5 heteroatoms. The van der Waals surface area contributed by atoms with Crippen molar-refractivity contribution in [3.05, 3.63) is 46.4 Å². The molecule has 0 atom stereocenters. The zero-order valence-electron chi connectivity index (χ0n) is 11.0. The molecule has 0 radical (unpaired) electrons. The standard InChI is InChI=1S/C14H13ClN4/c1-8-9(2)18-19(10(8)3)14-12-7-5-4-6-11(12)13(15)16-17-14/h4-7H,1-3H3.